The number of thiophene rings is 1. The van der Waals surface area contributed by atoms with E-state index in [1.165, 1.54) is 29.4 Å². The van der Waals surface area contributed by atoms with E-state index < -0.39 is 47.4 Å². The molecule has 2 aliphatic rings. The van der Waals surface area contributed by atoms with E-state index in [2.05, 4.69) is 9.97 Å². The highest BCUT2D eigenvalue weighted by Gasteiger charge is 2.67. The lowest BCUT2D eigenvalue weighted by Crippen LogP contribution is -2.55. The molecule has 0 radical (unpaired) electrons. The van der Waals surface area contributed by atoms with Crippen LogP contribution in [0.25, 0.3) is 10.9 Å². The standard InChI is InChI=1S/C34H34N2O5S2.C27H28O5/c1-33(40-20-26-16-10-5-11-17-26)30(39-19-25-14-8-4-9-15-25)28(21-38-18-24-12-6-3-7-13-24)41-34(33,37)31-29-27(22-43-31)32(42-2)36-23-35-29;1-27(31-19-23-15-9-4-10-16-23)25(30-18-22-13-7-3-8-14-22)24(32-26(27)28)20-29-17-21-11-5-2-6-12-21/h3-17,22-23,28,30,37H,18-21H2,1-2H3;2-16,24-25H,17-20H2,1H3/t28-,30-,33-,34?;24-,25-,27-/m11/s1. The number of rotatable bonds is 22. The lowest BCUT2D eigenvalue weighted by atomic mass is 9.87. The summed E-state index contributed by atoms with van der Waals surface area (Å²) in [7, 11) is 0. The number of hydrogen-bond acceptors (Lipinski definition) is 14. The number of thioether (sulfide) groups is 1. The van der Waals surface area contributed by atoms with E-state index in [0.29, 0.717) is 36.8 Å². The van der Waals surface area contributed by atoms with Gasteiger partial charge in [-0.15, -0.1) is 23.1 Å². The van der Waals surface area contributed by atoms with Crippen LogP contribution < -0.4 is 0 Å². The Labute approximate surface area is 446 Å². The van der Waals surface area contributed by atoms with Gasteiger partial charge in [0.1, 0.15) is 29.7 Å². The highest BCUT2D eigenvalue weighted by atomic mass is 32.2. The molecule has 7 atom stereocenters. The average Bonchev–Trinajstić information content (AvgIpc) is 4.12. The van der Waals surface area contributed by atoms with Gasteiger partial charge in [-0.05, 0) is 53.5 Å². The molecule has 6 aromatic carbocycles. The van der Waals surface area contributed by atoms with E-state index in [1.807, 2.05) is 201 Å². The van der Waals surface area contributed by atoms with Crippen LogP contribution in [0.2, 0.25) is 0 Å². The maximum Gasteiger partial charge on any atom is 0.341 e. The first-order valence-electron chi connectivity index (χ1n) is 24.9. The first-order chi connectivity index (χ1) is 36.7. The molecule has 1 N–H and O–H groups in total. The molecule has 12 nitrogen and oxygen atoms in total. The highest BCUT2D eigenvalue weighted by molar-refractivity contribution is 7.98. The lowest BCUT2D eigenvalue weighted by molar-refractivity contribution is -0.289. The van der Waals surface area contributed by atoms with Crippen LogP contribution in [0.15, 0.2) is 199 Å². The highest BCUT2D eigenvalue weighted by Crippen LogP contribution is 2.53. The van der Waals surface area contributed by atoms with Gasteiger partial charge in [0.05, 0.1) is 63.2 Å². The second kappa shape index (κ2) is 25.6. The first-order valence-corrected chi connectivity index (χ1v) is 27.1. The van der Waals surface area contributed by atoms with E-state index in [9.17, 15) is 9.90 Å². The molecule has 2 aliphatic heterocycles. The summed E-state index contributed by atoms with van der Waals surface area (Å²) in [6.07, 6.45) is 1.01. The number of carbonyl (C=O) groups is 1. The van der Waals surface area contributed by atoms with Gasteiger partial charge in [-0.25, -0.2) is 14.8 Å². The Bertz CT molecular complexity index is 3000. The number of cyclic esters (lactones) is 1. The number of carbonyl (C=O) groups excluding carboxylic acids is 1. The minimum absolute atomic E-state index is 0.190. The Kier molecular flexibility index (Phi) is 18.3. The van der Waals surface area contributed by atoms with Gasteiger partial charge in [0.2, 0.25) is 5.79 Å². The quantitative estimate of drug-likeness (QED) is 0.0392. The normalized spacial score (nSPS) is 23.2. The van der Waals surface area contributed by atoms with Crippen molar-refractivity contribution in [2.75, 3.05) is 19.5 Å². The zero-order valence-corrected chi connectivity index (χ0v) is 43.9. The molecule has 14 heteroatoms. The summed E-state index contributed by atoms with van der Waals surface area (Å²) in [5.41, 5.74) is 4.15. The molecular formula is C61H62N2O10S2. The smallest absolute Gasteiger partial charge is 0.341 e. The molecule has 2 aromatic heterocycles. The molecule has 388 valence electrons. The van der Waals surface area contributed by atoms with E-state index in [1.54, 1.807) is 6.92 Å². The molecular weight excluding hydrogens is 985 g/mol. The van der Waals surface area contributed by atoms with Crippen LogP contribution >= 0.6 is 23.1 Å². The van der Waals surface area contributed by atoms with Crippen LogP contribution in [0, 0.1) is 0 Å². The minimum atomic E-state index is -1.89. The number of esters is 1. The summed E-state index contributed by atoms with van der Waals surface area (Å²) >= 11 is 2.92. The summed E-state index contributed by atoms with van der Waals surface area (Å²) in [5, 5.41) is 16.4. The summed E-state index contributed by atoms with van der Waals surface area (Å²) < 4.78 is 50.1. The van der Waals surface area contributed by atoms with Crippen molar-refractivity contribution in [2.24, 2.45) is 0 Å². The fraction of sp³-hybridized carbons (Fsp3) is 0.295. The summed E-state index contributed by atoms with van der Waals surface area (Å²) in [4.78, 5) is 22.5. The van der Waals surface area contributed by atoms with E-state index in [0.717, 1.165) is 43.8 Å². The fourth-order valence-corrected chi connectivity index (χ4v) is 11.0. The molecule has 10 rings (SSSR count). The predicted molar refractivity (Wildman–Crippen MR) is 289 cm³/mol. The van der Waals surface area contributed by atoms with Crippen LogP contribution in [0.1, 0.15) is 52.1 Å². The van der Waals surface area contributed by atoms with Crippen molar-refractivity contribution in [1.82, 2.24) is 9.97 Å². The van der Waals surface area contributed by atoms with E-state index in [4.69, 9.17) is 37.9 Å². The van der Waals surface area contributed by atoms with Crippen LogP contribution in [-0.2, 0) is 88.1 Å². The molecule has 2 fully saturated rings. The molecule has 75 heavy (non-hydrogen) atoms. The van der Waals surface area contributed by atoms with Gasteiger partial charge in [-0.1, -0.05) is 182 Å². The molecule has 0 aliphatic carbocycles. The van der Waals surface area contributed by atoms with Crippen LogP contribution in [0.5, 0.6) is 0 Å². The van der Waals surface area contributed by atoms with Gasteiger partial charge in [0.15, 0.2) is 17.3 Å². The number of fused-ring (bicyclic) bond motifs is 1. The van der Waals surface area contributed by atoms with Crippen molar-refractivity contribution in [1.29, 1.82) is 0 Å². The van der Waals surface area contributed by atoms with Crippen molar-refractivity contribution in [3.05, 3.63) is 232 Å². The van der Waals surface area contributed by atoms with Crippen LogP contribution in [-0.4, -0.2) is 76.1 Å². The van der Waals surface area contributed by atoms with Gasteiger partial charge in [-0.3, -0.25) is 0 Å². The molecule has 0 saturated carbocycles. The Morgan fingerprint density at radius 3 is 1.47 bits per heavy atom. The third-order valence-corrected chi connectivity index (χ3v) is 15.1. The monoisotopic (exact) mass is 1050 g/mol. The van der Waals surface area contributed by atoms with Crippen molar-refractivity contribution in [3.63, 3.8) is 0 Å². The number of hydrogen-bond donors (Lipinski definition) is 1. The minimum Gasteiger partial charge on any atom is -0.455 e. The summed E-state index contributed by atoms with van der Waals surface area (Å²) in [5.74, 6) is -2.32. The molecule has 8 aromatic rings. The van der Waals surface area contributed by atoms with Gasteiger partial charge in [0.25, 0.3) is 0 Å². The molecule has 0 amide bonds. The van der Waals surface area contributed by atoms with Gasteiger partial charge in [-0.2, -0.15) is 0 Å². The second-order valence-corrected chi connectivity index (χ2v) is 20.3. The number of aromatic nitrogens is 2. The average molecular weight is 1050 g/mol. The molecule has 4 heterocycles. The first kappa shape index (κ1) is 53.7. The fourth-order valence-electron chi connectivity index (χ4n) is 9.22. The SMILES string of the molecule is CSc1ncnc2c(C3(O)O[C@H](COCc4ccccc4)[C@@H](OCc4ccccc4)[C@@]3(C)OCc3ccccc3)scc12.C[C@]1(OCc2ccccc2)C(=O)O[C@H](COCc2ccccc2)[C@H]1OCc1ccccc1. The predicted octanol–water partition coefficient (Wildman–Crippen LogP) is 11.4. The van der Waals surface area contributed by atoms with Crippen molar-refractivity contribution < 1.29 is 47.8 Å². The Hall–Kier alpha value is -6.14. The largest absolute Gasteiger partial charge is 0.455 e. The zero-order chi connectivity index (χ0) is 51.9. The van der Waals surface area contributed by atoms with E-state index >= 15 is 0 Å². The van der Waals surface area contributed by atoms with Gasteiger partial charge in [0, 0.05) is 10.8 Å². The summed E-state index contributed by atoms with van der Waals surface area (Å²) in [6, 6.07) is 59.3. The second-order valence-electron chi connectivity index (χ2n) is 18.7. The van der Waals surface area contributed by atoms with E-state index in [-0.39, 0.29) is 26.4 Å². The third kappa shape index (κ3) is 12.9. The zero-order valence-electron chi connectivity index (χ0n) is 42.3. The van der Waals surface area contributed by atoms with Crippen molar-refractivity contribution in [2.45, 2.75) is 99.9 Å². The Balaban J connectivity index is 0.000000192. The molecule has 1 unspecified atom stereocenters. The Morgan fingerprint density at radius 2 is 0.987 bits per heavy atom. The Morgan fingerprint density at radius 1 is 0.560 bits per heavy atom. The molecule has 0 bridgehead atoms. The van der Waals surface area contributed by atoms with Crippen molar-refractivity contribution in [3.8, 4) is 0 Å². The third-order valence-electron chi connectivity index (χ3n) is 13.4. The lowest BCUT2D eigenvalue weighted by Gasteiger charge is -2.39. The number of aliphatic hydroxyl groups is 1. The van der Waals surface area contributed by atoms with Crippen LogP contribution in [0.3, 0.4) is 0 Å². The maximum absolute atomic E-state index is 12.9. The number of benzene rings is 6. The topological polar surface area (TPSA) is 137 Å². The van der Waals surface area contributed by atoms with Gasteiger partial charge >= 0.3 is 5.97 Å². The van der Waals surface area contributed by atoms with Crippen molar-refractivity contribution >= 4 is 40.0 Å². The molecule has 0 spiro atoms. The van der Waals surface area contributed by atoms with Crippen LogP contribution in [0.4, 0.5) is 0 Å². The number of ether oxygens (including phenoxy) is 8. The number of nitrogens with zero attached hydrogens (tertiary/aromatic N) is 2. The summed E-state index contributed by atoms with van der Waals surface area (Å²) in [6.45, 7) is 6.06. The maximum atomic E-state index is 12.9. The molecule has 2 saturated heterocycles. The van der Waals surface area contributed by atoms with Gasteiger partial charge < -0.3 is 43.0 Å².